The summed E-state index contributed by atoms with van der Waals surface area (Å²) in [6, 6.07) is 9.91. The monoisotopic (exact) mass is 357 g/mol. The average molecular weight is 357 g/mol. The third-order valence-electron chi connectivity index (χ3n) is 4.84. The second-order valence-corrected chi connectivity index (χ2v) is 6.97. The first-order chi connectivity index (χ1) is 12.7. The first-order valence-electron chi connectivity index (χ1n) is 9.89. The number of nitrogens with zero attached hydrogens (tertiary/aromatic N) is 1. The topological polar surface area (TPSA) is 70.6 Å². The lowest BCUT2D eigenvalue weighted by Gasteiger charge is -2.20. The van der Waals surface area contributed by atoms with E-state index in [1.807, 2.05) is 30.3 Å². The number of hydrazone groups is 1. The van der Waals surface area contributed by atoms with E-state index in [2.05, 4.69) is 22.8 Å². The van der Waals surface area contributed by atoms with Crippen LogP contribution < -0.4 is 10.7 Å². The Balaban J connectivity index is 1.84. The van der Waals surface area contributed by atoms with Crippen LogP contribution in [-0.2, 0) is 9.59 Å². The van der Waals surface area contributed by atoms with Gasteiger partial charge in [-0.05, 0) is 31.2 Å². The number of rotatable bonds is 9. The number of carbonyl (C=O) groups is 2. The van der Waals surface area contributed by atoms with Gasteiger partial charge in [0.2, 0.25) is 5.91 Å². The number of carbonyl (C=O) groups excluding carboxylic acids is 2. The third kappa shape index (κ3) is 6.98. The number of hydrogen-bond acceptors (Lipinski definition) is 3. The van der Waals surface area contributed by atoms with E-state index in [4.69, 9.17) is 0 Å². The molecule has 142 valence electrons. The lowest BCUT2D eigenvalue weighted by molar-refractivity contribution is -0.129. The van der Waals surface area contributed by atoms with Crippen molar-refractivity contribution in [2.24, 2.45) is 11.0 Å². The molecule has 0 heterocycles. The highest BCUT2D eigenvalue weighted by Gasteiger charge is 2.21. The summed E-state index contributed by atoms with van der Waals surface area (Å²) in [7, 11) is 0. The molecule has 2 rings (SSSR count). The van der Waals surface area contributed by atoms with Gasteiger partial charge >= 0.3 is 0 Å². The molecule has 0 bridgehead atoms. The smallest absolute Gasteiger partial charge is 0.259 e. The molecule has 5 nitrogen and oxygen atoms in total. The van der Waals surface area contributed by atoms with Crippen molar-refractivity contribution in [2.75, 3.05) is 6.54 Å². The second kappa shape index (κ2) is 11.4. The maximum Gasteiger partial charge on any atom is 0.259 e. The molecular formula is C21H31N3O2. The molecule has 0 radical (unpaired) electrons. The van der Waals surface area contributed by atoms with Gasteiger partial charge in [0.15, 0.2) is 0 Å². The Labute approximate surface area is 156 Å². The molecule has 1 saturated carbocycles. The van der Waals surface area contributed by atoms with Gasteiger partial charge in [0.05, 0.1) is 12.3 Å². The Morgan fingerprint density at radius 2 is 1.81 bits per heavy atom. The summed E-state index contributed by atoms with van der Waals surface area (Å²) in [6.07, 6.45) is 9.42. The van der Waals surface area contributed by atoms with Gasteiger partial charge in [-0.1, -0.05) is 69.4 Å². The van der Waals surface area contributed by atoms with Crippen molar-refractivity contribution in [1.82, 2.24) is 10.7 Å². The molecule has 0 atom stereocenters. The number of amides is 2. The van der Waals surface area contributed by atoms with Crippen LogP contribution in [-0.4, -0.2) is 24.1 Å². The predicted octanol–water partition coefficient (Wildman–Crippen LogP) is 3.78. The molecule has 26 heavy (non-hydrogen) atoms. The molecule has 0 spiro atoms. The molecular weight excluding hydrogens is 326 g/mol. The molecule has 1 aliphatic carbocycles. The van der Waals surface area contributed by atoms with Crippen LogP contribution in [0.2, 0.25) is 0 Å². The van der Waals surface area contributed by atoms with Gasteiger partial charge < -0.3 is 5.32 Å². The number of hydrogen-bond donors (Lipinski definition) is 2. The fourth-order valence-electron chi connectivity index (χ4n) is 3.28. The summed E-state index contributed by atoms with van der Waals surface area (Å²) >= 11 is 0. The Bertz CT molecular complexity index is 593. The van der Waals surface area contributed by atoms with E-state index in [1.54, 1.807) is 0 Å². The van der Waals surface area contributed by atoms with Crippen molar-refractivity contribution in [3.05, 3.63) is 35.9 Å². The predicted molar refractivity (Wildman–Crippen MR) is 105 cm³/mol. The number of unbranched alkanes of at least 4 members (excludes halogenated alkanes) is 2. The quantitative estimate of drug-likeness (QED) is 0.401. The van der Waals surface area contributed by atoms with Crippen molar-refractivity contribution < 1.29 is 9.59 Å². The van der Waals surface area contributed by atoms with Crippen LogP contribution in [0, 0.1) is 5.92 Å². The van der Waals surface area contributed by atoms with Gasteiger partial charge in [-0.15, -0.1) is 0 Å². The standard InChI is InChI=1S/C21H31N3O2/c1-2-3-6-15-19(17-11-7-4-8-12-17)23-24-20(25)16-22-21(26)18-13-9-5-10-14-18/h4,7-8,11-12,18H,2-3,5-6,9-10,13-16H2,1H3,(H,22,26)(H,24,25). The first-order valence-corrected chi connectivity index (χ1v) is 9.89. The molecule has 2 amide bonds. The molecule has 1 aromatic carbocycles. The normalized spacial score (nSPS) is 15.5. The van der Waals surface area contributed by atoms with E-state index in [1.165, 1.54) is 6.42 Å². The minimum absolute atomic E-state index is 0.00458. The zero-order valence-electron chi connectivity index (χ0n) is 15.8. The minimum atomic E-state index is -0.280. The summed E-state index contributed by atoms with van der Waals surface area (Å²) in [5, 5.41) is 7.07. The lowest BCUT2D eigenvalue weighted by Crippen LogP contribution is -2.39. The van der Waals surface area contributed by atoms with Crippen LogP contribution in [0.5, 0.6) is 0 Å². The Hall–Kier alpha value is -2.17. The molecule has 1 aromatic rings. The van der Waals surface area contributed by atoms with Crippen LogP contribution in [0.1, 0.15) is 70.3 Å². The van der Waals surface area contributed by atoms with E-state index >= 15 is 0 Å². The van der Waals surface area contributed by atoms with Crippen molar-refractivity contribution in [1.29, 1.82) is 0 Å². The van der Waals surface area contributed by atoms with Crippen LogP contribution >= 0.6 is 0 Å². The highest BCUT2D eigenvalue weighted by Crippen LogP contribution is 2.23. The van der Waals surface area contributed by atoms with Crippen molar-refractivity contribution in [3.8, 4) is 0 Å². The molecule has 0 aromatic heterocycles. The highest BCUT2D eigenvalue weighted by atomic mass is 16.2. The SMILES string of the molecule is CCCCCC(=NNC(=O)CNC(=O)C1CCCCC1)c1ccccc1. The maximum atomic E-state index is 12.1. The molecule has 1 aliphatic rings. The zero-order valence-corrected chi connectivity index (χ0v) is 15.8. The fraction of sp³-hybridized carbons (Fsp3) is 0.571. The summed E-state index contributed by atoms with van der Waals surface area (Å²) in [4.78, 5) is 24.2. The minimum Gasteiger partial charge on any atom is -0.347 e. The van der Waals surface area contributed by atoms with Gasteiger partial charge in [0.25, 0.3) is 5.91 Å². The van der Waals surface area contributed by atoms with Crippen molar-refractivity contribution in [2.45, 2.75) is 64.7 Å². The fourth-order valence-corrected chi connectivity index (χ4v) is 3.28. The summed E-state index contributed by atoms with van der Waals surface area (Å²) in [5.41, 5.74) is 4.50. The zero-order chi connectivity index (χ0) is 18.6. The van der Waals surface area contributed by atoms with Gasteiger partial charge in [-0.2, -0.15) is 5.10 Å². The summed E-state index contributed by atoms with van der Waals surface area (Å²) < 4.78 is 0. The first kappa shape index (κ1) is 20.1. The second-order valence-electron chi connectivity index (χ2n) is 6.97. The van der Waals surface area contributed by atoms with Gasteiger partial charge in [0.1, 0.15) is 0 Å². The lowest BCUT2D eigenvalue weighted by atomic mass is 9.89. The van der Waals surface area contributed by atoms with Crippen LogP contribution in [0.25, 0.3) is 0 Å². The molecule has 5 heteroatoms. The van der Waals surface area contributed by atoms with Crippen molar-refractivity contribution >= 4 is 17.5 Å². The van der Waals surface area contributed by atoms with E-state index < -0.39 is 0 Å². The van der Waals surface area contributed by atoms with E-state index in [9.17, 15) is 9.59 Å². The third-order valence-corrected chi connectivity index (χ3v) is 4.84. The van der Waals surface area contributed by atoms with E-state index in [-0.39, 0.29) is 24.3 Å². The number of benzene rings is 1. The molecule has 0 saturated heterocycles. The van der Waals surface area contributed by atoms with E-state index in [0.29, 0.717) is 0 Å². The Kier molecular flexibility index (Phi) is 8.87. The Morgan fingerprint density at radius 3 is 2.50 bits per heavy atom. The molecule has 2 N–H and O–H groups in total. The molecule has 1 fully saturated rings. The molecule has 0 aliphatic heterocycles. The van der Waals surface area contributed by atoms with Crippen molar-refractivity contribution in [3.63, 3.8) is 0 Å². The van der Waals surface area contributed by atoms with Crippen LogP contribution in [0.15, 0.2) is 35.4 Å². The van der Waals surface area contributed by atoms with Crippen LogP contribution in [0.4, 0.5) is 0 Å². The number of nitrogens with one attached hydrogen (secondary N) is 2. The van der Waals surface area contributed by atoms with Gasteiger partial charge in [-0.25, -0.2) is 5.43 Å². The average Bonchev–Trinajstić information content (AvgIpc) is 2.70. The maximum absolute atomic E-state index is 12.1. The molecule has 0 unspecified atom stereocenters. The largest absolute Gasteiger partial charge is 0.347 e. The van der Waals surface area contributed by atoms with Gasteiger partial charge in [0, 0.05) is 5.92 Å². The van der Waals surface area contributed by atoms with Crippen LogP contribution in [0.3, 0.4) is 0 Å². The highest BCUT2D eigenvalue weighted by molar-refractivity contribution is 6.01. The van der Waals surface area contributed by atoms with Gasteiger partial charge in [-0.3, -0.25) is 9.59 Å². The van der Waals surface area contributed by atoms with E-state index in [0.717, 1.165) is 62.6 Å². The Morgan fingerprint density at radius 1 is 1.08 bits per heavy atom. The summed E-state index contributed by atoms with van der Waals surface area (Å²) in [5.74, 6) is -0.220. The summed E-state index contributed by atoms with van der Waals surface area (Å²) in [6.45, 7) is 2.14.